The van der Waals surface area contributed by atoms with Crippen LogP contribution in [0.1, 0.15) is 0 Å². The van der Waals surface area contributed by atoms with Crippen LogP contribution in [0.15, 0.2) is 58.8 Å². The summed E-state index contributed by atoms with van der Waals surface area (Å²) in [4.78, 5) is 0. The monoisotopic (exact) mass is 290 g/mol. The number of hydrogen-bond donors (Lipinski definition) is 0. The fourth-order valence-corrected chi connectivity index (χ4v) is 1.58. The second-order valence-electron chi connectivity index (χ2n) is 4.17. The molecule has 4 nitrogen and oxygen atoms in total. The normalized spacial score (nSPS) is 9.91. The molecule has 0 heterocycles. The third-order valence-electron chi connectivity index (χ3n) is 2.60. The molecule has 0 aliphatic rings. The average molecular weight is 290 g/mol. The van der Waals surface area contributed by atoms with E-state index in [-0.39, 0.29) is 13.2 Å². The summed E-state index contributed by atoms with van der Waals surface area (Å²) in [6.45, 7) is 0.490. The number of azo groups is 1. The molecule has 108 valence electrons. The van der Waals surface area contributed by atoms with Crippen LogP contribution in [0, 0.1) is 24.7 Å². The molecule has 0 aromatic heterocycles. The van der Waals surface area contributed by atoms with E-state index in [1.165, 1.54) is 0 Å². The van der Waals surface area contributed by atoms with E-state index in [0.29, 0.717) is 11.5 Å². The van der Waals surface area contributed by atoms with Gasteiger partial charge in [0.2, 0.25) is 0 Å². The van der Waals surface area contributed by atoms with Crippen molar-refractivity contribution < 1.29 is 9.47 Å². The number of terminal acetylenes is 2. The molecule has 22 heavy (non-hydrogen) atoms. The van der Waals surface area contributed by atoms with Gasteiger partial charge >= 0.3 is 0 Å². The van der Waals surface area contributed by atoms with E-state index >= 15 is 0 Å². The maximum absolute atomic E-state index is 5.28. The van der Waals surface area contributed by atoms with Crippen LogP contribution in [-0.2, 0) is 0 Å². The molecule has 2 aromatic rings. The molecule has 0 radical (unpaired) electrons. The highest BCUT2D eigenvalue weighted by molar-refractivity contribution is 5.44. The molecule has 0 aliphatic carbocycles. The van der Waals surface area contributed by atoms with Gasteiger partial charge in [-0.05, 0) is 48.5 Å². The highest BCUT2D eigenvalue weighted by Gasteiger charge is 1.95. The summed E-state index contributed by atoms with van der Waals surface area (Å²) in [5.74, 6) is 6.22. The lowest BCUT2D eigenvalue weighted by atomic mass is 10.3. The Bertz CT molecular complexity index is 641. The van der Waals surface area contributed by atoms with Gasteiger partial charge in [0.1, 0.15) is 24.7 Å². The van der Waals surface area contributed by atoms with Gasteiger partial charge in [0.15, 0.2) is 0 Å². The smallest absolute Gasteiger partial charge is 0.148 e. The quantitative estimate of drug-likeness (QED) is 0.593. The Labute approximate surface area is 129 Å². The van der Waals surface area contributed by atoms with Crippen molar-refractivity contribution in [3.63, 3.8) is 0 Å². The van der Waals surface area contributed by atoms with Crippen molar-refractivity contribution in [2.45, 2.75) is 0 Å². The summed E-state index contributed by atoms with van der Waals surface area (Å²) < 4.78 is 10.6. The van der Waals surface area contributed by atoms with Crippen LogP contribution in [0.4, 0.5) is 11.4 Å². The summed E-state index contributed by atoms with van der Waals surface area (Å²) >= 11 is 0. The van der Waals surface area contributed by atoms with Crippen molar-refractivity contribution in [1.29, 1.82) is 0 Å². The molecule has 0 amide bonds. The summed E-state index contributed by atoms with van der Waals surface area (Å²) in [6.07, 6.45) is 10.3. The van der Waals surface area contributed by atoms with Crippen molar-refractivity contribution in [2.24, 2.45) is 10.2 Å². The molecule has 0 fully saturated rings. The molecule has 2 aromatic carbocycles. The van der Waals surface area contributed by atoms with Gasteiger partial charge in [-0.2, -0.15) is 10.2 Å². The molecule has 0 spiro atoms. The van der Waals surface area contributed by atoms with Crippen molar-refractivity contribution in [3.8, 4) is 36.2 Å². The fourth-order valence-electron chi connectivity index (χ4n) is 1.58. The molecule has 0 bridgehead atoms. The van der Waals surface area contributed by atoms with Crippen molar-refractivity contribution in [2.75, 3.05) is 13.2 Å². The van der Waals surface area contributed by atoms with Crippen LogP contribution >= 0.6 is 0 Å². The van der Waals surface area contributed by atoms with Gasteiger partial charge in [-0.25, -0.2) is 0 Å². The lowest BCUT2D eigenvalue weighted by Gasteiger charge is -2.02. The Morgan fingerprint density at radius 3 is 1.36 bits per heavy atom. The molecule has 0 saturated heterocycles. The lowest BCUT2D eigenvalue weighted by Crippen LogP contribution is -1.92. The van der Waals surface area contributed by atoms with Gasteiger partial charge in [-0.15, -0.1) is 12.8 Å². The van der Waals surface area contributed by atoms with E-state index in [1.54, 1.807) is 48.5 Å². The fraction of sp³-hybridized carbons (Fsp3) is 0.111. The third-order valence-corrected chi connectivity index (χ3v) is 2.60. The van der Waals surface area contributed by atoms with Crippen molar-refractivity contribution in [3.05, 3.63) is 48.5 Å². The van der Waals surface area contributed by atoms with E-state index in [1.807, 2.05) is 0 Å². The van der Waals surface area contributed by atoms with Crippen LogP contribution in [-0.4, -0.2) is 13.2 Å². The zero-order valence-electron chi connectivity index (χ0n) is 11.9. The molecule has 0 saturated carbocycles. The first-order valence-corrected chi connectivity index (χ1v) is 6.56. The number of hydrogen-bond acceptors (Lipinski definition) is 4. The Balaban J connectivity index is 1.96. The summed E-state index contributed by atoms with van der Waals surface area (Å²) in [7, 11) is 0. The first-order chi connectivity index (χ1) is 10.8. The van der Waals surface area contributed by atoms with E-state index in [4.69, 9.17) is 22.3 Å². The van der Waals surface area contributed by atoms with Crippen LogP contribution in [0.2, 0.25) is 0 Å². The van der Waals surface area contributed by atoms with E-state index in [2.05, 4.69) is 22.1 Å². The lowest BCUT2D eigenvalue weighted by molar-refractivity contribution is 0.370. The second kappa shape index (κ2) is 8.14. The van der Waals surface area contributed by atoms with E-state index in [0.717, 1.165) is 11.4 Å². The standard InChI is InChI=1S/C18H14N2O2/c1-3-13-21-17-9-5-15(6-10-17)19-20-16-7-11-18(12-8-16)22-14-4-2/h1-2,5-12H,13-14H2. The highest BCUT2D eigenvalue weighted by Crippen LogP contribution is 2.22. The predicted molar refractivity (Wildman–Crippen MR) is 85.7 cm³/mol. The van der Waals surface area contributed by atoms with Gasteiger partial charge < -0.3 is 9.47 Å². The maximum Gasteiger partial charge on any atom is 0.148 e. The number of benzene rings is 2. The minimum Gasteiger partial charge on any atom is -0.481 e. The number of rotatable bonds is 6. The van der Waals surface area contributed by atoms with Crippen LogP contribution in [0.5, 0.6) is 11.5 Å². The second-order valence-corrected chi connectivity index (χ2v) is 4.17. The van der Waals surface area contributed by atoms with Crippen LogP contribution < -0.4 is 9.47 Å². The Morgan fingerprint density at radius 2 is 1.05 bits per heavy atom. The first kappa shape index (κ1) is 15.2. The molecule has 2 rings (SSSR count). The SMILES string of the molecule is C#CCOc1ccc(N=Nc2ccc(OCC#C)cc2)cc1. The molecular weight excluding hydrogens is 276 g/mol. The molecular formula is C18H14N2O2. The molecule has 0 unspecified atom stereocenters. The minimum atomic E-state index is 0.245. The summed E-state index contributed by atoms with van der Waals surface area (Å²) in [6, 6.07) is 14.4. The predicted octanol–water partition coefficient (Wildman–Crippen LogP) is 4.13. The van der Waals surface area contributed by atoms with Crippen molar-refractivity contribution in [1.82, 2.24) is 0 Å². The summed E-state index contributed by atoms with van der Waals surface area (Å²) in [5.41, 5.74) is 1.45. The first-order valence-electron chi connectivity index (χ1n) is 6.56. The molecule has 0 atom stereocenters. The Hall–Kier alpha value is -3.24. The Kier molecular flexibility index (Phi) is 5.61. The number of ether oxygens (including phenoxy) is 2. The van der Waals surface area contributed by atoms with Crippen LogP contribution in [0.25, 0.3) is 0 Å². The zero-order chi connectivity index (χ0) is 15.6. The third kappa shape index (κ3) is 4.70. The van der Waals surface area contributed by atoms with Gasteiger partial charge in [-0.1, -0.05) is 11.8 Å². The molecule has 0 N–H and O–H groups in total. The highest BCUT2D eigenvalue weighted by atomic mass is 16.5. The van der Waals surface area contributed by atoms with E-state index in [9.17, 15) is 0 Å². The topological polar surface area (TPSA) is 43.2 Å². The Morgan fingerprint density at radius 1 is 0.682 bits per heavy atom. The number of nitrogens with zero attached hydrogens (tertiary/aromatic N) is 2. The largest absolute Gasteiger partial charge is 0.481 e. The van der Waals surface area contributed by atoms with Gasteiger partial charge in [0.05, 0.1) is 11.4 Å². The van der Waals surface area contributed by atoms with Crippen molar-refractivity contribution >= 4 is 11.4 Å². The van der Waals surface area contributed by atoms with Gasteiger partial charge in [-0.3, -0.25) is 0 Å². The van der Waals surface area contributed by atoms with Gasteiger partial charge in [0, 0.05) is 0 Å². The minimum absolute atomic E-state index is 0.245. The average Bonchev–Trinajstić information content (AvgIpc) is 2.58. The van der Waals surface area contributed by atoms with Gasteiger partial charge in [0.25, 0.3) is 0 Å². The van der Waals surface area contributed by atoms with Crippen LogP contribution in [0.3, 0.4) is 0 Å². The summed E-state index contributed by atoms with van der Waals surface area (Å²) in [5, 5.41) is 8.29. The maximum atomic E-state index is 5.28. The molecule has 0 aliphatic heterocycles. The molecule has 4 heteroatoms. The van der Waals surface area contributed by atoms with E-state index < -0.39 is 0 Å². The zero-order valence-corrected chi connectivity index (χ0v) is 11.9.